The molecule has 0 saturated carbocycles. The van der Waals surface area contributed by atoms with Crippen LogP contribution in [0.2, 0.25) is 0 Å². The van der Waals surface area contributed by atoms with Gasteiger partial charge in [-0.2, -0.15) is 0 Å². The van der Waals surface area contributed by atoms with Crippen molar-refractivity contribution >= 4 is 40.4 Å². The standard InChI is InChI=1S/C26H21N3O5/c1-33-18-14-12-17(13-15-18)29-24(31)23(30)21-22(16-8-4-3-5-9-16)27-19-10-6-7-11-20(19)28-26(21,29)25(32)34-2/h3-15,27-28H,1-2H3. The molecule has 1 amide bonds. The van der Waals surface area contributed by atoms with Gasteiger partial charge in [0.25, 0.3) is 11.4 Å². The average Bonchev–Trinajstić information content (AvgIpc) is 3.01. The molecule has 1 fully saturated rings. The van der Waals surface area contributed by atoms with Crippen molar-refractivity contribution in [3.63, 3.8) is 0 Å². The fourth-order valence-electron chi connectivity index (χ4n) is 4.40. The SMILES string of the molecule is COC(=O)C12Nc3ccccc3NC(c3ccccc3)=C1C(=O)C(=O)N2c1ccc(OC)cc1. The van der Waals surface area contributed by atoms with E-state index >= 15 is 0 Å². The van der Waals surface area contributed by atoms with Crippen LogP contribution in [-0.4, -0.2) is 37.5 Å². The number of ketones is 1. The lowest BCUT2D eigenvalue weighted by molar-refractivity contribution is -0.145. The number of hydrogen-bond acceptors (Lipinski definition) is 7. The quantitative estimate of drug-likeness (QED) is 0.460. The summed E-state index contributed by atoms with van der Waals surface area (Å²) in [6.45, 7) is 0. The molecule has 1 atom stereocenters. The highest BCUT2D eigenvalue weighted by atomic mass is 16.5. The van der Waals surface area contributed by atoms with Gasteiger partial charge in [-0.3, -0.25) is 14.5 Å². The van der Waals surface area contributed by atoms with Gasteiger partial charge in [0.2, 0.25) is 0 Å². The molecule has 2 aliphatic rings. The van der Waals surface area contributed by atoms with Crippen LogP contribution in [0.3, 0.4) is 0 Å². The Balaban J connectivity index is 1.86. The Kier molecular flexibility index (Phi) is 5.05. The molecule has 1 saturated heterocycles. The zero-order valence-electron chi connectivity index (χ0n) is 18.5. The van der Waals surface area contributed by atoms with Crippen molar-refractivity contribution in [2.75, 3.05) is 29.8 Å². The minimum Gasteiger partial charge on any atom is -0.497 e. The number of carbonyl (C=O) groups excluding carboxylic acids is 3. The van der Waals surface area contributed by atoms with Crippen LogP contribution >= 0.6 is 0 Å². The highest BCUT2D eigenvalue weighted by Crippen LogP contribution is 2.46. The van der Waals surface area contributed by atoms with E-state index in [2.05, 4.69) is 10.6 Å². The molecule has 170 valence electrons. The molecule has 8 nitrogen and oxygen atoms in total. The summed E-state index contributed by atoms with van der Waals surface area (Å²) < 4.78 is 10.4. The van der Waals surface area contributed by atoms with Gasteiger partial charge in [0.05, 0.1) is 36.9 Å². The van der Waals surface area contributed by atoms with Crippen LogP contribution in [0.15, 0.2) is 84.4 Å². The van der Waals surface area contributed by atoms with Crippen molar-refractivity contribution in [3.05, 3.63) is 90.0 Å². The number of esters is 1. The minimum absolute atomic E-state index is 0.0393. The van der Waals surface area contributed by atoms with Crippen LogP contribution in [0.5, 0.6) is 5.75 Å². The fourth-order valence-corrected chi connectivity index (χ4v) is 4.40. The number of para-hydroxylation sites is 2. The molecule has 2 aliphatic heterocycles. The topological polar surface area (TPSA) is 97.0 Å². The molecule has 34 heavy (non-hydrogen) atoms. The number of amides is 1. The Morgan fingerprint density at radius 3 is 2.15 bits per heavy atom. The van der Waals surface area contributed by atoms with Crippen LogP contribution in [0.1, 0.15) is 5.56 Å². The van der Waals surface area contributed by atoms with Crippen molar-refractivity contribution < 1.29 is 23.9 Å². The van der Waals surface area contributed by atoms with E-state index in [1.54, 1.807) is 48.5 Å². The van der Waals surface area contributed by atoms with E-state index in [0.29, 0.717) is 34.1 Å². The van der Waals surface area contributed by atoms with Crippen molar-refractivity contribution in [3.8, 4) is 5.75 Å². The molecule has 0 bridgehead atoms. The molecule has 2 N–H and O–H groups in total. The Labute approximate surface area is 195 Å². The maximum absolute atomic E-state index is 13.6. The smallest absolute Gasteiger partial charge is 0.358 e. The summed E-state index contributed by atoms with van der Waals surface area (Å²) >= 11 is 0. The van der Waals surface area contributed by atoms with E-state index < -0.39 is 23.3 Å². The number of nitrogens with zero attached hydrogens (tertiary/aromatic N) is 1. The van der Waals surface area contributed by atoms with Gasteiger partial charge in [-0.25, -0.2) is 4.79 Å². The molecule has 5 rings (SSSR count). The Hall–Kier alpha value is -4.59. The predicted octanol–water partition coefficient (Wildman–Crippen LogP) is 3.43. The number of ether oxygens (including phenoxy) is 2. The van der Waals surface area contributed by atoms with Gasteiger partial charge in [0, 0.05) is 5.69 Å². The van der Waals surface area contributed by atoms with E-state index in [0.717, 1.165) is 4.90 Å². The Morgan fingerprint density at radius 2 is 1.50 bits per heavy atom. The van der Waals surface area contributed by atoms with E-state index in [9.17, 15) is 14.4 Å². The minimum atomic E-state index is -1.94. The second-order valence-electron chi connectivity index (χ2n) is 7.78. The average molecular weight is 455 g/mol. The van der Waals surface area contributed by atoms with Gasteiger partial charge in [-0.1, -0.05) is 42.5 Å². The van der Waals surface area contributed by atoms with Gasteiger partial charge >= 0.3 is 11.9 Å². The number of hydrogen-bond donors (Lipinski definition) is 2. The number of anilines is 3. The summed E-state index contributed by atoms with van der Waals surface area (Å²) in [6, 6.07) is 22.8. The highest BCUT2D eigenvalue weighted by molar-refractivity contribution is 6.55. The monoisotopic (exact) mass is 455 g/mol. The third-order valence-corrected chi connectivity index (χ3v) is 5.95. The van der Waals surface area contributed by atoms with Crippen molar-refractivity contribution in [1.29, 1.82) is 0 Å². The zero-order chi connectivity index (χ0) is 23.9. The number of carbonyl (C=O) groups is 3. The third kappa shape index (κ3) is 3.03. The molecule has 0 radical (unpaired) electrons. The molecule has 0 aromatic heterocycles. The first kappa shape index (κ1) is 21.3. The van der Waals surface area contributed by atoms with E-state index in [4.69, 9.17) is 9.47 Å². The van der Waals surface area contributed by atoms with Gasteiger partial charge < -0.3 is 20.1 Å². The summed E-state index contributed by atoms with van der Waals surface area (Å²) in [5.74, 6) is -1.90. The summed E-state index contributed by atoms with van der Waals surface area (Å²) in [5.41, 5.74) is 0.502. The van der Waals surface area contributed by atoms with Crippen molar-refractivity contribution in [1.82, 2.24) is 0 Å². The van der Waals surface area contributed by atoms with Crippen LogP contribution in [0.4, 0.5) is 17.1 Å². The van der Waals surface area contributed by atoms with Crippen molar-refractivity contribution in [2.24, 2.45) is 0 Å². The summed E-state index contributed by atoms with van der Waals surface area (Å²) in [6.07, 6.45) is 0. The van der Waals surface area contributed by atoms with Crippen LogP contribution in [-0.2, 0) is 19.1 Å². The largest absolute Gasteiger partial charge is 0.497 e. The maximum atomic E-state index is 13.6. The normalized spacial score (nSPS) is 18.9. The second-order valence-corrected chi connectivity index (χ2v) is 7.78. The molecule has 8 heteroatoms. The first-order chi connectivity index (χ1) is 16.5. The molecule has 3 aromatic carbocycles. The molecular weight excluding hydrogens is 434 g/mol. The second kappa shape index (κ2) is 8.08. The van der Waals surface area contributed by atoms with E-state index in [-0.39, 0.29) is 5.57 Å². The number of rotatable bonds is 4. The van der Waals surface area contributed by atoms with Gasteiger partial charge in [-0.15, -0.1) is 0 Å². The summed E-state index contributed by atoms with van der Waals surface area (Å²) in [4.78, 5) is 41.8. The third-order valence-electron chi connectivity index (χ3n) is 5.95. The zero-order valence-corrected chi connectivity index (χ0v) is 18.5. The van der Waals surface area contributed by atoms with E-state index in [1.165, 1.54) is 14.2 Å². The molecule has 0 aliphatic carbocycles. The van der Waals surface area contributed by atoms with E-state index in [1.807, 2.05) is 30.3 Å². The number of nitrogens with one attached hydrogen (secondary N) is 2. The maximum Gasteiger partial charge on any atom is 0.358 e. The first-order valence-corrected chi connectivity index (χ1v) is 10.6. The van der Waals surface area contributed by atoms with Crippen LogP contribution in [0, 0.1) is 0 Å². The molecule has 2 heterocycles. The molecular formula is C26H21N3O5. The highest BCUT2D eigenvalue weighted by Gasteiger charge is 2.64. The number of benzene rings is 3. The summed E-state index contributed by atoms with van der Waals surface area (Å²) in [5, 5.41) is 6.46. The molecule has 0 spiro atoms. The summed E-state index contributed by atoms with van der Waals surface area (Å²) in [7, 11) is 2.75. The molecule has 3 aromatic rings. The Bertz CT molecular complexity index is 1330. The Morgan fingerprint density at radius 1 is 0.853 bits per heavy atom. The van der Waals surface area contributed by atoms with Crippen molar-refractivity contribution in [2.45, 2.75) is 5.66 Å². The fraction of sp³-hybridized carbons (Fsp3) is 0.115. The number of methoxy groups -OCH3 is 2. The lowest BCUT2D eigenvalue weighted by Gasteiger charge is -2.36. The van der Waals surface area contributed by atoms with Crippen LogP contribution in [0.25, 0.3) is 5.70 Å². The number of fused-ring (bicyclic) bond motifs is 2. The first-order valence-electron chi connectivity index (χ1n) is 10.6. The van der Waals surface area contributed by atoms with Gasteiger partial charge in [0.1, 0.15) is 5.75 Å². The van der Waals surface area contributed by atoms with Crippen LogP contribution < -0.4 is 20.3 Å². The predicted molar refractivity (Wildman–Crippen MR) is 127 cm³/mol. The van der Waals surface area contributed by atoms with Gasteiger partial charge in [0.15, 0.2) is 0 Å². The number of Topliss-reactive ketones (excluding diaryl/α,β-unsaturated/α-hetero) is 1. The lowest BCUT2D eigenvalue weighted by atomic mass is 9.93. The lowest BCUT2D eigenvalue weighted by Crippen LogP contribution is -2.59. The van der Waals surface area contributed by atoms with Gasteiger partial charge in [-0.05, 0) is 42.0 Å². The molecule has 1 unspecified atom stereocenters.